The molecule has 0 radical (unpaired) electrons. The number of para-hydroxylation sites is 1. The number of nitrogens with one attached hydrogen (secondary N) is 3. The van der Waals surface area contributed by atoms with Gasteiger partial charge in [-0.3, -0.25) is 9.89 Å². The highest BCUT2D eigenvalue weighted by atomic mass is 16.2. The van der Waals surface area contributed by atoms with Crippen LogP contribution in [-0.4, -0.2) is 29.2 Å². The number of carbonyl (C=O) groups is 1. The largest absolute Gasteiger partial charge is 0.345 e. The van der Waals surface area contributed by atoms with E-state index in [2.05, 4.69) is 39.9 Å². The van der Waals surface area contributed by atoms with Gasteiger partial charge >= 0.3 is 0 Å². The molecule has 2 fully saturated rings. The fourth-order valence-electron chi connectivity index (χ4n) is 3.92. The molecule has 2 atom stereocenters. The molecule has 0 bridgehead atoms. The number of amides is 1. The molecule has 116 valence electrons. The lowest BCUT2D eigenvalue weighted by Gasteiger charge is -2.26. The molecule has 2 unspecified atom stereocenters. The Morgan fingerprint density at radius 2 is 2.05 bits per heavy atom. The van der Waals surface area contributed by atoms with E-state index in [-0.39, 0.29) is 11.8 Å². The molecule has 3 N–H and O–H groups in total. The van der Waals surface area contributed by atoms with E-state index in [0.717, 1.165) is 35.2 Å². The van der Waals surface area contributed by atoms with Gasteiger partial charge in [0.05, 0.1) is 16.7 Å². The average molecular weight is 298 g/mol. The Morgan fingerprint density at radius 1 is 1.32 bits per heavy atom. The summed E-state index contributed by atoms with van der Waals surface area (Å²) in [6, 6.07) is 6.15. The van der Waals surface area contributed by atoms with Crippen LogP contribution >= 0.6 is 0 Å². The summed E-state index contributed by atoms with van der Waals surface area (Å²) in [6.45, 7) is 8.09. The highest BCUT2D eigenvalue weighted by Gasteiger charge is 2.57. The van der Waals surface area contributed by atoms with Crippen molar-refractivity contribution in [2.24, 2.45) is 17.8 Å². The molecule has 0 spiro atoms. The molecular weight excluding hydrogens is 276 g/mol. The van der Waals surface area contributed by atoms with E-state index in [9.17, 15) is 4.79 Å². The van der Waals surface area contributed by atoms with Crippen molar-refractivity contribution >= 4 is 16.8 Å². The normalized spacial score (nSPS) is 27.0. The standard InChI is InChI=1S/C17H22N4O/c1-9-5-4-6-10-14(9)20-21-15(10)17(2,3)19-16(22)13-11-7-18-8-12(11)13/h4-6,11-13,18H,7-8H2,1-3H3,(H,19,22)(H,20,21). The van der Waals surface area contributed by atoms with Gasteiger partial charge in [0, 0.05) is 11.3 Å². The van der Waals surface area contributed by atoms with Crippen LogP contribution in [0.3, 0.4) is 0 Å². The quantitative estimate of drug-likeness (QED) is 0.807. The molecule has 1 saturated heterocycles. The van der Waals surface area contributed by atoms with Crippen molar-refractivity contribution in [1.29, 1.82) is 0 Å². The van der Waals surface area contributed by atoms with Crippen LogP contribution in [0.2, 0.25) is 0 Å². The van der Waals surface area contributed by atoms with Gasteiger partial charge in [0.15, 0.2) is 0 Å². The number of carbonyl (C=O) groups excluding carboxylic acids is 1. The number of H-pyrrole nitrogens is 1. The van der Waals surface area contributed by atoms with Crippen LogP contribution in [0.1, 0.15) is 25.1 Å². The lowest BCUT2D eigenvalue weighted by atomic mass is 9.96. The van der Waals surface area contributed by atoms with Crippen LogP contribution in [0.15, 0.2) is 18.2 Å². The minimum absolute atomic E-state index is 0.178. The Kier molecular flexibility index (Phi) is 2.85. The minimum Gasteiger partial charge on any atom is -0.345 e. The average Bonchev–Trinajstić information content (AvgIpc) is 2.85. The Labute approximate surface area is 129 Å². The molecule has 2 aromatic rings. The highest BCUT2D eigenvalue weighted by molar-refractivity contribution is 5.87. The van der Waals surface area contributed by atoms with Gasteiger partial charge in [0.1, 0.15) is 0 Å². The van der Waals surface area contributed by atoms with Gasteiger partial charge in [-0.05, 0) is 51.3 Å². The van der Waals surface area contributed by atoms with Gasteiger partial charge in [-0.15, -0.1) is 0 Å². The Morgan fingerprint density at radius 3 is 2.77 bits per heavy atom. The summed E-state index contributed by atoms with van der Waals surface area (Å²) in [5, 5.41) is 15.2. The van der Waals surface area contributed by atoms with E-state index in [1.165, 1.54) is 0 Å². The van der Waals surface area contributed by atoms with Crippen LogP contribution in [0.5, 0.6) is 0 Å². The molecule has 5 nitrogen and oxygen atoms in total. The smallest absolute Gasteiger partial charge is 0.224 e. The van der Waals surface area contributed by atoms with E-state index in [1.54, 1.807) is 0 Å². The number of benzene rings is 1. The van der Waals surface area contributed by atoms with Gasteiger partial charge in [0.25, 0.3) is 0 Å². The number of aryl methyl sites for hydroxylation is 1. The van der Waals surface area contributed by atoms with Gasteiger partial charge in [-0.1, -0.05) is 18.2 Å². The molecule has 1 saturated carbocycles. The lowest BCUT2D eigenvalue weighted by Crippen LogP contribution is -2.43. The molecule has 1 amide bonds. The number of rotatable bonds is 3. The number of hydrogen-bond donors (Lipinski definition) is 3. The molecule has 2 heterocycles. The Balaban J connectivity index is 1.59. The van der Waals surface area contributed by atoms with Crippen LogP contribution in [-0.2, 0) is 10.3 Å². The molecule has 4 rings (SSSR count). The van der Waals surface area contributed by atoms with Crippen LogP contribution in [0.25, 0.3) is 10.9 Å². The van der Waals surface area contributed by atoms with Gasteiger partial charge < -0.3 is 10.6 Å². The van der Waals surface area contributed by atoms with Crippen molar-refractivity contribution in [3.8, 4) is 0 Å². The Hall–Kier alpha value is -1.88. The zero-order chi connectivity index (χ0) is 15.5. The summed E-state index contributed by atoms with van der Waals surface area (Å²) in [5.41, 5.74) is 2.64. The molecule has 5 heteroatoms. The fourth-order valence-corrected chi connectivity index (χ4v) is 3.92. The second kappa shape index (κ2) is 4.56. The van der Waals surface area contributed by atoms with E-state index in [1.807, 2.05) is 19.9 Å². The first-order valence-electron chi connectivity index (χ1n) is 7.96. The highest BCUT2D eigenvalue weighted by Crippen LogP contribution is 2.49. The molecule has 1 aromatic carbocycles. The van der Waals surface area contributed by atoms with Gasteiger partial charge in [-0.25, -0.2) is 0 Å². The first-order chi connectivity index (χ1) is 10.5. The predicted molar refractivity (Wildman–Crippen MR) is 85.3 cm³/mol. The zero-order valence-electron chi connectivity index (χ0n) is 13.2. The number of nitrogens with zero attached hydrogens (tertiary/aromatic N) is 1. The number of aromatic amines is 1. The van der Waals surface area contributed by atoms with Crippen LogP contribution in [0, 0.1) is 24.7 Å². The summed E-state index contributed by atoms with van der Waals surface area (Å²) in [5.74, 6) is 1.45. The second-order valence-corrected chi connectivity index (χ2v) is 7.20. The SMILES string of the molecule is Cc1cccc2c(C(C)(C)NC(=O)C3C4CNCC43)[nH]nc12. The van der Waals surface area contributed by atoms with E-state index >= 15 is 0 Å². The van der Waals surface area contributed by atoms with Crippen LogP contribution < -0.4 is 10.6 Å². The maximum atomic E-state index is 12.6. The van der Waals surface area contributed by atoms with Crippen LogP contribution in [0.4, 0.5) is 0 Å². The number of fused-ring (bicyclic) bond motifs is 2. The van der Waals surface area contributed by atoms with Crippen molar-refractivity contribution in [2.45, 2.75) is 26.3 Å². The first-order valence-corrected chi connectivity index (χ1v) is 7.96. The number of aromatic nitrogens is 2. The van der Waals surface area contributed by atoms with Gasteiger partial charge in [-0.2, -0.15) is 5.10 Å². The monoisotopic (exact) mass is 298 g/mol. The van der Waals surface area contributed by atoms with E-state index < -0.39 is 5.54 Å². The van der Waals surface area contributed by atoms with Crippen molar-refractivity contribution in [3.05, 3.63) is 29.5 Å². The maximum Gasteiger partial charge on any atom is 0.224 e. The summed E-state index contributed by atoms with van der Waals surface area (Å²) < 4.78 is 0. The van der Waals surface area contributed by atoms with Crippen molar-refractivity contribution < 1.29 is 4.79 Å². The molecule has 2 aliphatic rings. The molecular formula is C17H22N4O. The number of hydrogen-bond acceptors (Lipinski definition) is 3. The summed E-state index contributed by atoms with van der Waals surface area (Å²) >= 11 is 0. The summed E-state index contributed by atoms with van der Waals surface area (Å²) in [7, 11) is 0. The molecule has 1 aliphatic heterocycles. The first kappa shape index (κ1) is 13.8. The third-order valence-corrected chi connectivity index (χ3v) is 5.24. The van der Waals surface area contributed by atoms with Crippen molar-refractivity contribution in [2.75, 3.05) is 13.1 Å². The second-order valence-electron chi connectivity index (χ2n) is 7.20. The van der Waals surface area contributed by atoms with E-state index in [0.29, 0.717) is 11.8 Å². The fraction of sp³-hybridized carbons (Fsp3) is 0.529. The zero-order valence-corrected chi connectivity index (χ0v) is 13.2. The molecule has 22 heavy (non-hydrogen) atoms. The van der Waals surface area contributed by atoms with Crippen molar-refractivity contribution in [1.82, 2.24) is 20.8 Å². The minimum atomic E-state index is -0.454. The van der Waals surface area contributed by atoms with E-state index in [4.69, 9.17) is 0 Å². The maximum absolute atomic E-state index is 12.6. The third kappa shape index (κ3) is 1.96. The van der Waals surface area contributed by atoms with Crippen molar-refractivity contribution in [3.63, 3.8) is 0 Å². The topological polar surface area (TPSA) is 69.8 Å². The predicted octanol–water partition coefficient (Wildman–Crippen LogP) is 1.69. The third-order valence-electron chi connectivity index (χ3n) is 5.24. The lowest BCUT2D eigenvalue weighted by molar-refractivity contribution is -0.124. The number of piperidine rings is 1. The molecule has 1 aliphatic carbocycles. The summed E-state index contributed by atoms with van der Waals surface area (Å²) in [6.07, 6.45) is 0. The summed E-state index contributed by atoms with van der Waals surface area (Å²) in [4.78, 5) is 12.6. The molecule has 1 aromatic heterocycles. The van der Waals surface area contributed by atoms with Gasteiger partial charge in [0.2, 0.25) is 5.91 Å². The Bertz CT molecular complexity index is 738.